The molecule has 2 nitrogen and oxygen atoms in total. The van der Waals surface area contributed by atoms with Crippen molar-refractivity contribution in [1.82, 2.24) is 0 Å². The van der Waals surface area contributed by atoms with E-state index in [9.17, 15) is 8.78 Å². The summed E-state index contributed by atoms with van der Waals surface area (Å²) in [6.45, 7) is 0. The summed E-state index contributed by atoms with van der Waals surface area (Å²) in [4.78, 5) is 0. The van der Waals surface area contributed by atoms with Gasteiger partial charge in [0.25, 0.3) is 0 Å². The van der Waals surface area contributed by atoms with Crippen molar-refractivity contribution in [2.24, 2.45) is 0 Å². The zero-order valence-corrected chi connectivity index (χ0v) is 16.2. The Hall–Kier alpha value is -3.66. The monoisotopic (exact) mass is 400 g/mol. The fourth-order valence-electron chi connectivity index (χ4n) is 3.95. The van der Waals surface area contributed by atoms with Crippen LogP contribution in [0.5, 0.6) is 11.5 Å². The van der Waals surface area contributed by atoms with Gasteiger partial charge >= 0.3 is 0 Å². The second-order valence-corrected chi connectivity index (χ2v) is 7.15. The number of halogens is 2. The van der Waals surface area contributed by atoms with Crippen LogP contribution in [0, 0.1) is 11.6 Å². The van der Waals surface area contributed by atoms with Gasteiger partial charge in [-0.15, -0.1) is 0 Å². The summed E-state index contributed by atoms with van der Waals surface area (Å²) in [7, 11) is 1.60. The molecule has 30 heavy (non-hydrogen) atoms. The minimum atomic E-state index is -0.601. The molecule has 0 N–H and O–H groups in total. The van der Waals surface area contributed by atoms with E-state index in [1.54, 1.807) is 13.2 Å². The average Bonchev–Trinajstić information content (AvgIpc) is 2.78. The molecular weight excluding hydrogens is 382 g/mol. The molecule has 0 aromatic heterocycles. The number of hydrogen-bond donors (Lipinski definition) is 0. The fourth-order valence-corrected chi connectivity index (χ4v) is 3.95. The Bertz CT molecular complexity index is 1260. The topological polar surface area (TPSA) is 18.5 Å². The summed E-state index contributed by atoms with van der Waals surface area (Å²) in [5.74, 6) is 0.117. The van der Waals surface area contributed by atoms with Crippen LogP contribution in [0.3, 0.4) is 0 Å². The highest BCUT2D eigenvalue weighted by molar-refractivity contribution is 6.01. The molecule has 1 heterocycles. The molecule has 0 fully saturated rings. The number of ether oxygens (including phenoxy) is 2. The van der Waals surface area contributed by atoms with Gasteiger partial charge in [0.15, 0.2) is 0 Å². The van der Waals surface area contributed by atoms with Crippen LogP contribution in [0.15, 0.2) is 84.9 Å². The lowest BCUT2D eigenvalue weighted by Crippen LogP contribution is -2.13. The van der Waals surface area contributed by atoms with Crippen molar-refractivity contribution in [3.05, 3.63) is 113 Å². The third-order valence-electron chi connectivity index (χ3n) is 5.41. The van der Waals surface area contributed by atoms with Crippen molar-refractivity contribution in [2.75, 3.05) is 7.11 Å². The number of fused-ring (bicyclic) bond motifs is 3. The van der Waals surface area contributed by atoms with Gasteiger partial charge in [-0.3, -0.25) is 0 Å². The van der Waals surface area contributed by atoms with Gasteiger partial charge in [-0.1, -0.05) is 48.5 Å². The number of methoxy groups -OCH3 is 1. The molecule has 4 aromatic rings. The summed E-state index contributed by atoms with van der Waals surface area (Å²) in [6.07, 6.45) is 1.30. The Morgan fingerprint density at radius 2 is 1.50 bits per heavy atom. The van der Waals surface area contributed by atoms with E-state index < -0.39 is 17.7 Å². The molecule has 1 unspecified atom stereocenters. The van der Waals surface area contributed by atoms with Crippen molar-refractivity contribution >= 4 is 16.3 Å². The minimum Gasteiger partial charge on any atom is -0.497 e. The van der Waals surface area contributed by atoms with Gasteiger partial charge in [0.1, 0.15) is 29.2 Å². The first-order valence-electron chi connectivity index (χ1n) is 9.64. The maximum atomic E-state index is 14.8. The Kier molecular flexibility index (Phi) is 4.47. The Morgan fingerprint density at radius 1 is 0.767 bits per heavy atom. The van der Waals surface area contributed by atoms with Crippen LogP contribution >= 0.6 is 0 Å². The lowest BCUT2D eigenvalue weighted by Gasteiger charge is -2.27. The molecule has 1 aliphatic rings. The fraction of sp³-hybridized carbons (Fsp3) is 0.0769. The van der Waals surface area contributed by atoms with Gasteiger partial charge in [-0.2, -0.15) is 0 Å². The van der Waals surface area contributed by atoms with Crippen LogP contribution in [0.1, 0.15) is 22.8 Å². The molecule has 0 radical (unpaired) electrons. The van der Waals surface area contributed by atoms with Gasteiger partial charge in [0, 0.05) is 5.56 Å². The molecule has 4 heteroatoms. The van der Waals surface area contributed by atoms with Crippen LogP contribution in [-0.4, -0.2) is 7.11 Å². The van der Waals surface area contributed by atoms with Crippen molar-refractivity contribution in [3.63, 3.8) is 0 Å². The second kappa shape index (κ2) is 7.30. The molecule has 0 saturated heterocycles. The van der Waals surface area contributed by atoms with E-state index in [-0.39, 0.29) is 5.56 Å². The molecule has 148 valence electrons. The van der Waals surface area contributed by atoms with Crippen LogP contribution in [0.25, 0.3) is 16.3 Å². The molecule has 0 saturated carbocycles. The maximum Gasteiger partial charge on any atom is 0.143 e. The predicted molar refractivity (Wildman–Crippen MR) is 114 cm³/mol. The van der Waals surface area contributed by atoms with E-state index in [0.717, 1.165) is 22.1 Å². The molecule has 4 aromatic carbocycles. The van der Waals surface area contributed by atoms with Crippen LogP contribution in [-0.2, 0) is 0 Å². The molecule has 5 rings (SSSR count). The lowest BCUT2D eigenvalue weighted by atomic mass is 9.88. The molecule has 0 spiro atoms. The third-order valence-corrected chi connectivity index (χ3v) is 5.41. The molecule has 0 aliphatic carbocycles. The first kappa shape index (κ1) is 18.4. The van der Waals surface area contributed by atoms with Gasteiger partial charge in [-0.25, -0.2) is 8.78 Å². The van der Waals surface area contributed by atoms with Crippen LogP contribution in [0.4, 0.5) is 8.78 Å². The third kappa shape index (κ3) is 3.01. The van der Waals surface area contributed by atoms with E-state index in [1.165, 1.54) is 18.2 Å². The summed E-state index contributed by atoms with van der Waals surface area (Å²) in [6, 6.07) is 23.0. The van der Waals surface area contributed by atoms with E-state index in [0.29, 0.717) is 16.9 Å². The SMILES string of the molecule is COc1ccc(C2C=C(c3c(F)cccc3F)c3c(ccc4ccccc34)O2)cc1. The summed E-state index contributed by atoms with van der Waals surface area (Å²) in [5, 5.41) is 1.86. The maximum absolute atomic E-state index is 14.8. The van der Waals surface area contributed by atoms with Crippen LogP contribution < -0.4 is 9.47 Å². The highest BCUT2D eigenvalue weighted by Crippen LogP contribution is 2.45. The van der Waals surface area contributed by atoms with E-state index in [4.69, 9.17) is 9.47 Å². The number of benzene rings is 4. The zero-order chi connectivity index (χ0) is 20.7. The number of hydrogen-bond acceptors (Lipinski definition) is 2. The Balaban J connectivity index is 1.76. The summed E-state index contributed by atoms with van der Waals surface area (Å²) >= 11 is 0. The van der Waals surface area contributed by atoms with Crippen molar-refractivity contribution in [2.45, 2.75) is 6.10 Å². The Morgan fingerprint density at radius 3 is 2.23 bits per heavy atom. The first-order valence-corrected chi connectivity index (χ1v) is 9.64. The minimum absolute atomic E-state index is 0.0445. The summed E-state index contributed by atoms with van der Waals surface area (Å²) in [5.41, 5.74) is 2.01. The van der Waals surface area contributed by atoms with Crippen molar-refractivity contribution in [3.8, 4) is 11.5 Å². The molecule has 0 bridgehead atoms. The normalized spacial score (nSPS) is 15.3. The van der Waals surface area contributed by atoms with Gasteiger partial charge < -0.3 is 9.47 Å². The molecular formula is C26H18F2O2. The average molecular weight is 400 g/mol. The standard InChI is InChI=1S/C26H18F2O2/c1-29-18-12-9-17(10-13-18)24-15-20(26-21(27)7-4-8-22(26)28)25-19-6-3-2-5-16(19)11-14-23(25)30-24/h2-15,24H,1H3. The summed E-state index contributed by atoms with van der Waals surface area (Å²) < 4.78 is 41.1. The van der Waals surface area contributed by atoms with E-state index in [1.807, 2.05) is 60.7 Å². The van der Waals surface area contributed by atoms with Crippen LogP contribution in [0.2, 0.25) is 0 Å². The van der Waals surface area contributed by atoms with E-state index >= 15 is 0 Å². The zero-order valence-electron chi connectivity index (χ0n) is 16.2. The van der Waals surface area contributed by atoms with Crippen molar-refractivity contribution in [1.29, 1.82) is 0 Å². The van der Waals surface area contributed by atoms with Crippen molar-refractivity contribution < 1.29 is 18.3 Å². The largest absolute Gasteiger partial charge is 0.497 e. The highest BCUT2D eigenvalue weighted by atomic mass is 19.1. The highest BCUT2D eigenvalue weighted by Gasteiger charge is 2.28. The number of rotatable bonds is 3. The predicted octanol–water partition coefficient (Wildman–Crippen LogP) is 6.69. The Labute approximate surface area is 173 Å². The first-order chi connectivity index (χ1) is 14.7. The molecule has 1 aliphatic heterocycles. The van der Waals surface area contributed by atoms with Gasteiger partial charge in [-0.05, 0) is 58.3 Å². The lowest BCUT2D eigenvalue weighted by molar-refractivity contribution is 0.251. The van der Waals surface area contributed by atoms with E-state index in [2.05, 4.69) is 0 Å². The smallest absolute Gasteiger partial charge is 0.143 e. The molecule has 0 amide bonds. The molecule has 1 atom stereocenters. The van der Waals surface area contributed by atoms with Gasteiger partial charge in [0.05, 0.1) is 12.7 Å². The quantitative estimate of drug-likeness (QED) is 0.381. The van der Waals surface area contributed by atoms with Gasteiger partial charge in [0.2, 0.25) is 0 Å². The second-order valence-electron chi connectivity index (χ2n) is 7.15.